The van der Waals surface area contributed by atoms with Crippen molar-refractivity contribution in [1.82, 2.24) is 0 Å². The van der Waals surface area contributed by atoms with Gasteiger partial charge in [-0.1, -0.05) is 0 Å². The van der Waals surface area contributed by atoms with Crippen LogP contribution in [-0.4, -0.2) is 36.3 Å². The van der Waals surface area contributed by atoms with E-state index >= 15 is 0 Å². The molecule has 0 fully saturated rings. The van der Waals surface area contributed by atoms with Crippen molar-refractivity contribution in [3.8, 4) is 17.2 Å². The molecule has 0 aliphatic carbocycles. The molecular weight excluding hydrogens is 403 g/mol. The molecule has 4 heteroatoms. The van der Waals surface area contributed by atoms with Crippen molar-refractivity contribution in [2.45, 2.75) is 11.2 Å². The standard InChI is InChI=1S/C23H24O3Se/c1-24-18-14-21(25-2)23(22(15-18)26-3)20(17-10-6-4-7-11-17)16-27-19-12-8-5-9-13-19/h4-15,20H,16H2,1-3H3. The van der Waals surface area contributed by atoms with Gasteiger partial charge < -0.3 is 0 Å². The van der Waals surface area contributed by atoms with Gasteiger partial charge in [0.05, 0.1) is 0 Å². The van der Waals surface area contributed by atoms with E-state index in [2.05, 4.69) is 54.6 Å². The van der Waals surface area contributed by atoms with Crippen LogP contribution in [0.1, 0.15) is 17.0 Å². The normalized spacial score (nSPS) is 11.7. The van der Waals surface area contributed by atoms with Crippen LogP contribution in [0.4, 0.5) is 0 Å². The van der Waals surface area contributed by atoms with Crippen molar-refractivity contribution in [3.63, 3.8) is 0 Å². The SMILES string of the molecule is COc1cc(OC)c(C(C[Se]c2ccccc2)c2ccccc2)c(OC)c1. The molecule has 0 amide bonds. The summed E-state index contributed by atoms with van der Waals surface area (Å²) in [5.74, 6) is 2.50. The molecule has 3 aromatic rings. The van der Waals surface area contributed by atoms with Crippen LogP contribution in [-0.2, 0) is 0 Å². The number of rotatable bonds is 8. The van der Waals surface area contributed by atoms with Crippen molar-refractivity contribution >= 4 is 19.4 Å². The molecule has 0 heterocycles. The quantitative estimate of drug-likeness (QED) is 0.502. The molecule has 0 radical (unpaired) electrons. The monoisotopic (exact) mass is 428 g/mol. The molecule has 0 spiro atoms. The number of hydrogen-bond acceptors (Lipinski definition) is 3. The predicted molar refractivity (Wildman–Crippen MR) is 111 cm³/mol. The second kappa shape index (κ2) is 9.50. The van der Waals surface area contributed by atoms with Crippen molar-refractivity contribution in [2.24, 2.45) is 0 Å². The van der Waals surface area contributed by atoms with Crippen molar-refractivity contribution in [2.75, 3.05) is 21.3 Å². The minimum atomic E-state index is 0.183. The van der Waals surface area contributed by atoms with Crippen LogP contribution < -0.4 is 18.7 Å². The average Bonchev–Trinajstić information content (AvgIpc) is 2.75. The molecule has 140 valence electrons. The van der Waals surface area contributed by atoms with E-state index in [9.17, 15) is 0 Å². The van der Waals surface area contributed by atoms with Crippen LogP contribution in [0.5, 0.6) is 17.2 Å². The van der Waals surface area contributed by atoms with E-state index in [4.69, 9.17) is 14.2 Å². The van der Waals surface area contributed by atoms with Gasteiger partial charge in [0, 0.05) is 0 Å². The van der Waals surface area contributed by atoms with Crippen molar-refractivity contribution < 1.29 is 14.2 Å². The fourth-order valence-corrected chi connectivity index (χ4v) is 5.34. The molecule has 0 aliphatic rings. The summed E-state index contributed by atoms with van der Waals surface area (Å²) in [5, 5.41) is 1.01. The zero-order chi connectivity index (χ0) is 19.1. The van der Waals surface area contributed by atoms with E-state index < -0.39 is 0 Å². The summed E-state index contributed by atoms with van der Waals surface area (Å²) >= 11 is 0.331. The predicted octanol–water partition coefficient (Wildman–Crippen LogP) is 4.29. The molecule has 0 bridgehead atoms. The van der Waals surface area contributed by atoms with Crippen LogP contribution in [0, 0.1) is 0 Å². The Morgan fingerprint density at radius 3 is 1.81 bits per heavy atom. The number of methoxy groups -OCH3 is 3. The topological polar surface area (TPSA) is 27.7 Å². The minimum absolute atomic E-state index is 0.183. The Labute approximate surface area is 167 Å². The summed E-state index contributed by atoms with van der Waals surface area (Å²) in [6, 6.07) is 25.1. The first kappa shape index (κ1) is 19.3. The van der Waals surface area contributed by atoms with Gasteiger partial charge >= 0.3 is 167 Å². The summed E-state index contributed by atoms with van der Waals surface area (Å²) in [6.07, 6.45) is 0. The van der Waals surface area contributed by atoms with Crippen LogP contribution in [0.25, 0.3) is 0 Å². The average molecular weight is 427 g/mol. The Balaban J connectivity index is 2.05. The van der Waals surface area contributed by atoms with Gasteiger partial charge in [-0.05, 0) is 0 Å². The van der Waals surface area contributed by atoms with Gasteiger partial charge in [-0.25, -0.2) is 0 Å². The third-order valence-corrected chi connectivity index (χ3v) is 6.78. The first-order valence-corrected chi connectivity index (χ1v) is 10.9. The maximum atomic E-state index is 5.73. The molecule has 3 rings (SSSR count). The number of ether oxygens (including phenoxy) is 3. The molecule has 1 atom stereocenters. The number of hydrogen-bond donors (Lipinski definition) is 0. The fourth-order valence-electron chi connectivity index (χ4n) is 3.10. The first-order valence-electron chi connectivity index (χ1n) is 8.79. The zero-order valence-electron chi connectivity index (χ0n) is 15.8. The molecule has 0 saturated carbocycles. The van der Waals surface area contributed by atoms with E-state index in [1.165, 1.54) is 10.0 Å². The number of benzene rings is 3. The Morgan fingerprint density at radius 1 is 0.741 bits per heavy atom. The van der Waals surface area contributed by atoms with E-state index in [1.807, 2.05) is 18.2 Å². The zero-order valence-corrected chi connectivity index (χ0v) is 17.6. The molecule has 0 saturated heterocycles. The molecule has 3 nitrogen and oxygen atoms in total. The van der Waals surface area contributed by atoms with Crippen LogP contribution in [0.3, 0.4) is 0 Å². The van der Waals surface area contributed by atoms with E-state index in [0.717, 1.165) is 28.1 Å². The second-order valence-corrected chi connectivity index (χ2v) is 8.33. The Bertz CT molecular complexity index is 825. The van der Waals surface area contributed by atoms with E-state index in [1.54, 1.807) is 21.3 Å². The van der Waals surface area contributed by atoms with Crippen LogP contribution >= 0.6 is 0 Å². The summed E-state index contributed by atoms with van der Waals surface area (Å²) in [6.45, 7) is 0. The van der Waals surface area contributed by atoms with Crippen molar-refractivity contribution in [1.29, 1.82) is 0 Å². The second-order valence-electron chi connectivity index (χ2n) is 6.03. The van der Waals surface area contributed by atoms with E-state index in [-0.39, 0.29) is 5.92 Å². The fraction of sp³-hybridized carbons (Fsp3) is 0.217. The summed E-state index contributed by atoms with van der Waals surface area (Å²) < 4.78 is 18.3. The molecular formula is C23H24O3Se. The van der Waals surface area contributed by atoms with Crippen molar-refractivity contribution in [3.05, 3.63) is 83.9 Å². The maximum absolute atomic E-state index is 5.73. The third kappa shape index (κ3) is 4.65. The van der Waals surface area contributed by atoms with Crippen LogP contribution in [0.15, 0.2) is 72.8 Å². The summed E-state index contributed by atoms with van der Waals surface area (Å²) in [5.41, 5.74) is 2.34. The van der Waals surface area contributed by atoms with Gasteiger partial charge in [0.15, 0.2) is 0 Å². The Hall–Kier alpha value is -2.42. The molecule has 0 N–H and O–H groups in total. The molecule has 27 heavy (non-hydrogen) atoms. The Morgan fingerprint density at radius 2 is 1.30 bits per heavy atom. The molecule has 0 aliphatic heterocycles. The van der Waals surface area contributed by atoms with Gasteiger partial charge in [0.1, 0.15) is 0 Å². The van der Waals surface area contributed by atoms with Gasteiger partial charge in [-0.2, -0.15) is 0 Å². The van der Waals surface area contributed by atoms with Gasteiger partial charge in [-0.3, -0.25) is 0 Å². The van der Waals surface area contributed by atoms with E-state index in [0.29, 0.717) is 15.0 Å². The van der Waals surface area contributed by atoms with Crippen LogP contribution in [0.2, 0.25) is 5.32 Å². The summed E-state index contributed by atoms with van der Waals surface area (Å²) in [4.78, 5) is 0. The van der Waals surface area contributed by atoms with Gasteiger partial charge in [-0.15, -0.1) is 0 Å². The molecule has 1 unspecified atom stereocenters. The summed E-state index contributed by atoms with van der Waals surface area (Å²) in [7, 11) is 5.05. The first-order chi connectivity index (χ1) is 13.3. The third-order valence-electron chi connectivity index (χ3n) is 4.46. The molecule has 0 aromatic heterocycles. The van der Waals surface area contributed by atoms with Gasteiger partial charge in [0.25, 0.3) is 0 Å². The van der Waals surface area contributed by atoms with Gasteiger partial charge in [0.2, 0.25) is 0 Å². The molecule has 3 aromatic carbocycles. The Kier molecular flexibility index (Phi) is 6.80.